The number of likely N-dealkylation sites (N-methyl/N-ethyl adjacent to an activating group) is 1. The van der Waals surface area contributed by atoms with Crippen molar-refractivity contribution < 1.29 is 9.59 Å². The van der Waals surface area contributed by atoms with Crippen LogP contribution in [0.25, 0.3) is 0 Å². The summed E-state index contributed by atoms with van der Waals surface area (Å²) in [4.78, 5) is 34.9. The van der Waals surface area contributed by atoms with E-state index in [1.807, 2.05) is 48.8 Å². The Balaban J connectivity index is 1.73. The molecule has 0 atom stereocenters. The van der Waals surface area contributed by atoms with Crippen molar-refractivity contribution in [3.05, 3.63) is 24.4 Å². The Labute approximate surface area is 156 Å². The van der Waals surface area contributed by atoms with E-state index in [4.69, 9.17) is 0 Å². The highest BCUT2D eigenvalue weighted by atomic mass is 16.2. The molecule has 0 aromatic carbocycles. The van der Waals surface area contributed by atoms with Gasteiger partial charge in [-0.3, -0.25) is 14.5 Å². The van der Waals surface area contributed by atoms with Crippen molar-refractivity contribution in [2.75, 3.05) is 50.7 Å². The Morgan fingerprint density at radius 1 is 1.23 bits per heavy atom. The molecule has 2 amide bonds. The lowest BCUT2D eigenvalue weighted by molar-refractivity contribution is -0.132. The van der Waals surface area contributed by atoms with Crippen LogP contribution in [0.4, 0.5) is 5.82 Å². The van der Waals surface area contributed by atoms with Crippen LogP contribution >= 0.6 is 0 Å². The smallest absolute Gasteiger partial charge is 0.234 e. The highest BCUT2D eigenvalue weighted by Gasteiger charge is 2.22. The molecule has 0 spiro atoms. The largest absolute Gasteiger partial charge is 0.353 e. The van der Waals surface area contributed by atoms with E-state index >= 15 is 0 Å². The minimum Gasteiger partial charge on any atom is -0.353 e. The van der Waals surface area contributed by atoms with Gasteiger partial charge in [0.25, 0.3) is 0 Å². The van der Waals surface area contributed by atoms with E-state index in [1.54, 1.807) is 6.20 Å². The molecule has 0 radical (unpaired) electrons. The van der Waals surface area contributed by atoms with Gasteiger partial charge in [-0.2, -0.15) is 0 Å². The average Bonchev–Trinajstić information content (AvgIpc) is 2.65. The molecule has 0 bridgehead atoms. The second-order valence-electron chi connectivity index (χ2n) is 6.90. The van der Waals surface area contributed by atoms with Crippen LogP contribution < -0.4 is 10.2 Å². The predicted octanol–water partition coefficient (Wildman–Crippen LogP) is 0.967. The maximum atomic E-state index is 12.5. The van der Waals surface area contributed by atoms with Crippen LogP contribution in [-0.2, 0) is 9.59 Å². The van der Waals surface area contributed by atoms with Crippen molar-refractivity contribution in [3.8, 4) is 0 Å². The first-order valence-electron chi connectivity index (χ1n) is 9.45. The summed E-state index contributed by atoms with van der Waals surface area (Å²) in [6.45, 7) is 10.7. The van der Waals surface area contributed by atoms with Gasteiger partial charge in [0.2, 0.25) is 11.8 Å². The van der Waals surface area contributed by atoms with Gasteiger partial charge < -0.3 is 15.1 Å². The zero-order valence-corrected chi connectivity index (χ0v) is 16.1. The summed E-state index contributed by atoms with van der Waals surface area (Å²) in [6, 6.07) is 6.02. The molecule has 0 saturated carbocycles. The number of anilines is 1. The predicted molar refractivity (Wildman–Crippen MR) is 103 cm³/mol. The van der Waals surface area contributed by atoms with E-state index in [9.17, 15) is 9.59 Å². The topological polar surface area (TPSA) is 68.8 Å². The lowest BCUT2D eigenvalue weighted by Crippen LogP contribution is -2.49. The standard InChI is InChI=1S/C19H31N5O2/c1-4-22(15-18(25)21-16(2)3)10-8-19(26)24-13-11-23(12-14-24)17-7-5-6-9-20-17/h5-7,9,16H,4,8,10-15H2,1-3H3,(H,21,25). The number of piperazine rings is 1. The normalized spacial score (nSPS) is 14.8. The number of nitrogens with one attached hydrogen (secondary N) is 1. The first-order valence-corrected chi connectivity index (χ1v) is 9.45. The summed E-state index contributed by atoms with van der Waals surface area (Å²) < 4.78 is 0. The zero-order valence-electron chi connectivity index (χ0n) is 16.1. The van der Waals surface area contributed by atoms with Crippen LogP contribution in [0, 0.1) is 0 Å². The third kappa shape index (κ3) is 6.29. The number of amides is 2. The third-order valence-electron chi connectivity index (χ3n) is 4.51. The molecular weight excluding hydrogens is 330 g/mol. The van der Waals surface area contributed by atoms with Gasteiger partial charge in [-0.1, -0.05) is 13.0 Å². The molecule has 1 saturated heterocycles. The molecule has 1 aromatic heterocycles. The number of pyridine rings is 1. The van der Waals surface area contributed by atoms with Crippen molar-refractivity contribution in [1.82, 2.24) is 20.1 Å². The van der Waals surface area contributed by atoms with Gasteiger partial charge in [0, 0.05) is 51.4 Å². The molecule has 0 aliphatic carbocycles. The lowest BCUT2D eigenvalue weighted by atomic mass is 10.2. The second-order valence-corrected chi connectivity index (χ2v) is 6.90. The van der Waals surface area contributed by atoms with Crippen LogP contribution in [0.2, 0.25) is 0 Å². The van der Waals surface area contributed by atoms with E-state index in [0.29, 0.717) is 19.5 Å². The molecule has 1 fully saturated rings. The molecule has 0 unspecified atom stereocenters. The van der Waals surface area contributed by atoms with Gasteiger partial charge in [-0.25, -0.2) is 4.98 Å². The minimum absolute atomic E-state index is 0.0123. The van der Waals surface area contributed by atoms with Gasteiger partial charge in [-0.15, -0.1) is 0 Å². The van der Waals surface area contributed by atoms with Gasteiger partial charge in [-0.05, 0) is 32.5 Å². The molecule has 1 N–H and O–H groups in total. The maximum absolute atomic E-state index is 12.5. The molecule has 1 aliphatic heterocycles. The number of hydrogen-bond donors (Lipinski definition) is 1. The number of aromatic nitrogens is 1. The Kier molecular flexibility index (Phi) is 7.84. The number of nitrogens with zero attached hydrogens (tertiary/aromatic N) is 4. The molecule has 26 heavy (non-hydrogen) atoms. The van der Waals surface area contributed by atoms with Gasteiger partial charge in [0.1, 0.15) is 5.82 Å². The van der Waals surface area contributed by atoms with Crippen molar-refractivity contribution >= 4 is 17.6 Å². The van der Waals surface area contributed by atoms with Gasteiger partial charge >= 0.3 is 0 Å². The van der Waals surface area contributed by atoms with Gasteiger partial charge in [0.15, 0.2) is 0 Å². The van der Waals surface area contributed by atoms with E-state index < -0.39 is 0 Å². The molecule has 7 nitrogen and oxygen atoms in total. The van der Waals surface area contributed by atoms with Crippen LogP contribution in [0.5, 0.6) is 0 Å². The zero-order chi connectivity index (χ0) is 18.9. The summed E-state index contributed by atoms with van der Waals surface area (Å²) in [6.07, 6.45) is 2.24. The Morgan fingerprint density at radius 3 is 2.54 bits per heavy atom. The third-order valence-corrected chi connectivity index (χ3v) is 4.51. The second kappa shape index (κ2) is 10.1. The SMILES string of the molecule is CCN(CCC(=O)N1CCN(c2ccccn2)CC1)CC(=O)NC(C)C. The van der Waals surface area contributed by atoms with Crippen molar-refractivity contribution in [1.29, 1.82) is 0 Å². The highest BCUT2D eigenvalue weighted by Crippen LogP contribution is 2.13. The van der Waals surface area contributed by atoms with Gasteiger partial charge in [0.05, 0.1) is 6.54 Å². The fourth-order valence-corrected chi connectivity index (χ4v) is 3.06. The Morgan fingerprint density at radius 2 is 1.96 bits per heavy atom. The first kappa shape index (κ1) is 20.2. The summed E-state index contributed by atoms with van der Waals surface area (Å²) in [5.74, 6) is 1.14. The maximum Gasteiger partial charge on any atom is 0.234 e. The van der Waals surface area contributed by atoms with Crippen molar-refractivity contribution in [2.45, 2.75) is 33.2 Å². The molecular formula is C19H31N5O2. The van der Waals surface area contributed by atoms with Crippen LogP contribution in [0.15, 0.2) is 24.4 Å². The highest BCUT2D eigenvalue weighted by molar-refractivity contribution is 5.79. The quantitative estimate of drug-likeness (QED) is 0.747. The van der Waals surface area contributed by atoms with Crippen LogP contribution in [0.3, 0.4) is 0 Å². The molecule has 7 heteroatoms. The molecule has 2 heterocycles. The summed E-state index contributed by atoms with van der Waals surface area (Å²) in [7, 11) is 0. The summed E-state index contributed by atoms with van der Waals surface area (Å²) >= 11 is 0. The number of carbonyl (C=O) groups excluding carboxylic acids is 2. The molecule has 1 aromatic rings. The molecule has 1 aliphatic rings. The van der Waals surface area contributed by atoms with E-state index in [-0.39, 0.29) is 17.9 Å². The van der Waals surface area contributed by atoms with E-state index in [0.717, 1.165) is 38.5 Å². The minimum atomic E-state index is 0.0123. The summed E-state index contributed by atoms with van der Waals surface area (Å²) in [5.41, 5.74) is 0. The number of rotatable bonds is 8. The fraction of sp³-hybridized carbons (Fsp3) is 0.632. The Hall–Kier alpha value is -2.15. The Bertz CT molecular complexity index is 571. The van der Waals surface area contributed by atoms with E-state index in [1.165, 1.54) is 0 Å². The van der Waals surface area contributed by atoms with E-state index in [2.05, 4.69) is 15.2 Å². The van der Waals surface area contributed by atoms with Crippen molar-refractivity contribution in [3.63, 3.8) is 0 Å². The number of carbonyl (C=O) groups is 2. The average molecular weight is 361 g/mol. The summed E-state index contributed by atoms with van der Waals surface area (Å²) in [5, 5.41) is 2.89. The monoisotopic (exact) mass is 361 g/mol. The van der Waals surface area contributed by atoms with Crippen LogP contribution in [0.1, 0.15) is 27.2 Å². The fourth-order valence-electron chi connectivity index (χ4n) is 3.06. The lowest BCUT2D eigenvalue weighted by Gasteiger charge is -2.35. The van der Waals surface area contributed by atoms with Crippen LogP contribution in [-0.4, -0.2) is 78.5 Å². The van der Waals surface area contributed by atoms with Crippen molar-refractivity contribution in [2.24, 2.45) is 0 Å². The molecule has 144 valence electrons. The first-order chi connectivity index (χ1) is 12.5. The molecule has 2 rings (SSSR count). The number of hydrogen-bond acceptors (Lipinski definition) is 5.